The van der Waals surface area contributed by atoms with E-state index in [1.165, 1.54) is 30.5 Å². The number of amides is 1. The minimum Gasteiger partial charge on any atom is -0.488 e. The summed E-state index contributed by atoms with van der Waals surface area (Å²) >= 11 is 0. The van der Waals surface area contributed by atoms with Gasteiger partial charge in [-0.1, -0.05) is 0 Å². The number of ether oxygens (including phenoxy) is 2. The molecule has 0 bridgehead atoms. The molecule has 0 aliphatic carbocycles. The van der Waals surface area contributed by atoms with Crippen LogP contribution in [0.5, 0.6) is 17.4 Å². The van der Waals surface area contributed by atoms with Gasteiger partial charge in [0.05, 0.1) is 18.5 Å². The van der Waals surface area contributed by atoms with Gasteiger partial charge in [-0.15, -0.1) is 0 Å². The lowest BCUT2D eigenvalue weighted by Crippen LogP contribution is -2.29. The molecular weight excluding hydrogens is 406 g/mol. The third-order valence-corrected chi connectivity index (χ3v) is 3.88. The fraction of sp³-hybridized carbons (Fsp3) is 0.250. The monoisotopic (exact) mass is 429 g/mol. The number of amidine groups is 1. The Bertz CT molecular complexity index is 975. The Morgan fingerprint density at radius 2 is 1.87 bits per heavy atom. The number of aliphatic hydroxyl groups excluding tert-OH is 1. The molecule has 11 nitrogen and oxygen atoms in total. The second-order valence-electron chi connectivity index (χ2n) is 6.39. The Morgan fingerprint density at radius 3 is 2.45 bits per heavy atom. The van der Waals surface area contributed by atoms with Crippen molar-refractivity contribution in [2.75, 3.05) is 7.05 Å². The first-order valence-electron chi connectivity index (χ1n) is 9.16. The summed E-state index contributed by atoms with van der Waals surface area (Å²) in [4.78, 5) is 31.0. The van der Waals surface area contributed by atoms with E-state index >= 15 is 0 Å². The first kappa shape index (κ1) is 23.3. The molecule has 11 heteroatoms. The summed E-state index contributed by atoms with van der Waals surface area (Å²) < 4.78 is 11.3. The van der Waals surface area contributed by atoms with E-state index in [1.54, 1.807) is 20.9 Å². The van der Waals surface area contributed by atoms with Crippen molar-refractivity contribution in [3.05, 3.63) is 54.1 Å². The maximum absolute atomic E-state index is 12.6. The average molecular weight is 429 g/mol. The van der Waals surface area contributed by atoms with Gasteiger partial charge in [0.25, 0.3) is 5.91 Å². The number of hydrogen-bond acceptors (Lipinski definition) is 9. The van der Waals surface area contributed by atoms with Crippen LogP contribution >= 0.6 is 0 Å². The lowest BCUT2D eigenvalue weighted by Gasteiger charge is -2.18. The molecule has 164 valence electrons. The number of hydrogen-bond donors (Lipinski definition) is 5. The molecule has 2 atom stereocenters. The van der Waals surface area contributed by atoms with Gasteiger partial charge in [-0.2, -0.15) is 0 Å². The molecule has 0 saturated heterocycles. The van der Waals surface area contributed by atoms with Crippen molar-refractivity contribution in [1.82, 2.24) is 20.6 Å². The summed E-state index contributed by atoms with van der Waals surface area (Å²) in [6.45, 7) is 3.22. The summed E-state index contributed by atoms with van der Waals surface area (Å²) in [5.74, 6) is -1.55. The van der Waals surface area contributed by atoms with Gasteiger partial charge in [0, 0.05) is 18.7 Å². The second kappa shape index (κ2) is 10.7. The Balaban J connectivity index is 2.31. The summed E-state index contributed by atoms with van der Waals surface area (Å²) in [6, 6.07) is 4.32. The number of aromatic carboxylic acids is 1. The number of carboxylic acids is 1. The molecule has 0 aliphatic rings. The zero-order valence-electron chi connectivity index (χ0n) is 17.1. The van der Waals surface area contributed by atoms with Crippen LogP contribution in [-0.4, -0.2) is 57.1 Å². The van der Waals surface area contributed by atoms with Gasteiger partial charge < -0.3 is 30.3 Å². The van der Waals surface area contributed by atoms with Gasteiger partial charge in [0.1, 0.15) is 23.4 Å². The average Bonchev–Trinajstić information content (AvgIpc) is 2.72. The molecule has 1 aromatic heterocycles. The highest BCUT2D eigenvalue weighted by atomic mass is 16.5. The van der Waals surface area contributed by atoms with E-state index in [0.717, 1.165) is 12.4 Å². The van der Waals surface area contributed by atoms with Crippen LogP contribution in [0.4, 0.5) is 0 Å². The van der Waals surface area contributed by atoms with Gasteiger partial charge >= 0.3 is 5.97 Å². The Labute approximate surface area is 178 Å². The van der Waals surface area contributed by atoms with Gasteiger partial charge in [-0.3, -0.25) is 10.2 Å². The molecule has 0 saturated carbocycles. The molecule has 0 aliphatic heterocycles. The first-order valence-corrected chi connectivity index (χ1v) is 9.16. The normalized spacial score (nSPS) is 12.6. The molecule has 0 radical (unpaired) electrons. The summed E-state index contributed by atoms with van der Waals surface area (Å²) in [5, 5.41) is 31.5. The minimum atomic E-state index is -1.23. The molecule has 1 heterocycles. The predicted molar refractivity (Wildman–Crippen MR) is 111 cm³/mol. The van der Waals surface area contributed by atoms with E-state index < -0.39 is 24.1 Å². The van der Waals surface area contributed by atoms with Crippen molar-refractivity contribution < 1.29 is 29.3 Å². The summed E-state index contributed by atoms with van der Waals surface area (Å²) in [7, 11) is 1.66. The van der Waals surface area contributed by atoms with Crippen molar-refractivity contribution in [3.8, 4) is 17.4 Å². The lowest BCUT2D eigenvalue weighted by molar-refractivity contribution is 0.0602. The molecule has 0 spiro atoms. The molecule has 31 heavy (non-hydrogen) atoms. The van der Waals surface area contributed by atoms with Gasteiger partial charge in [0.2, 0.25) is 5.88 Å². The third-order valence-electron chi connectivity index (χ3n) is 3.88. The number of carboxylic acid groups (broad SMARTS) is 1. The van der Waals surface area contributed by atoms with Crippen molar-refractivity contribution in [2.24, 2.45) is 0 Å². The van der Waals surface area contributed by atoms with Crippen LogP contribution in [-0.2, 0) is 0 Å². The number of nitrogens with one attached hydrogen (secondary N) is 3. The van der Waals surface area contributed by atoms with Crippen molar-refractivity contribution >= 4 is 17.7 Å². The quantitative estimate of drug-likeness (QED) is 0.293. The number of aliphatic hydroxyl groups is 1. The SMILES string of the molecule is CN/C=C\C(=N)NC(=O)c1cc(Oc2cnc(C(=O)O)cn2)cc(O[C@@H](C)[C@H](C)O)c1. The molecule has 5 N–H and O–H groups in total. The maximum Gasteiger partial charge on any atom is 0.356 e. The van der Waals surface area contributed by atoms with Crippen molar-refractivity contribution in [2.45, 2.75) is 26.1 Å². The summed E-state index contributed by atoms with van der Waals surface area (Å²) in [6.07, 6.45) is 3.68. The van der Waals surface area contributed by atoms with Crippen LogP contribution in [0.2, 0.25) is 0 Å². The van der Waals surface area contributed by atoms with Crippen LogP contribution in [0.3, 0.4) is 0 Å². The highest BCUT2D eigenvalue weighted by Crippen LogP contribution is 2.27. The third kappa shape index (κ3) is 7.08. The first-order chi connectivity index (χ1) is 14.7. The Kier molecular flexibility index (Phi) is 8.03. The van der Waals surface area contributed by atoms with E-state index in [9.17, 15) is 14.7 Å². The van der Waals surface area contributed by atoms with Crippen LogP contribution in [0.1, 0.15) is 34.7 Å². The lowest BCUT2D eigenvalue weighted by atomic mass is 10.1. The van der Waals surface area contributed by atoms with Crippen LogP contribution in [0.25, 0.3) is 0 Å². The standard InChI is InChI=1S/C20H23N5O6/c1-11(26)12(2)30-14-6-13(19(27)25-17(21)4-5-22-3)7-15(8-14)31-18-10-23-16(9-24-18)20(28)29/h4-12,22,26H,1-3H3,(H,28,29)(H2,21,25,27)/b5-4-/t11-,12-/m0/s1. The smallest absolute Gasteiger partial charge is 0.356 e. The van der Waals surface area contributed by atoms with Gasteiger partial charge in [-0.25, -0.2) is 14.8 Å². The number of carbonyl (C=O) groups is 2. The van der Waals surface area contributed by atoms with E-state index in [4.69, 9.17) is 20.0 Å². The fourth-order valence-corrected chi connectivity index (χ4v) is 2.15. The second-order valence-corrected chi connectivity index (χ2v) is 6.39. The van der Waals surface area contributed by atoms with E-state index in [1.807, 2.05) is 0 Å². The molecule has 0 unspecified atom stereocenters. The number of aromatic nitrogens is 2. The predicted octanol–water partition coefficient (Wildman–Crippen LogP) is 1.56. The molecule has 2 aromatic rings. The molecule has 1 aromatic carbocycles. The zero-order chi connectivity index (χ0) is 23.0. The maximum atomic E-state index is 12.6. The number of benzene rings is 1. The minimum absolute atomic E-state index is 0.00165. The fourth-order valence-electron chi connectivity index (χ4n) is 2.15. The van der Waals surface area contributed by atoms with Gasteiger partial charge in [0.15, 0.2) is 5.69 Å². The molecular formula is C20H23N5O6. The van der Waals surface area contributed by atoms with Gasteiger partial charge in [-0.05, 0) is 38.3 Å². The highest BCUT2D eigenvalue weighted by Gasteiger charge is 2.16. The molecule has 1 amide bonds. The van der Waals surface area contributed by atoms with Crippen LogP contribution in [0, 0.1) is 5.41 Å². The topological polar surface area (TPSA) is 167 Å². The Morgan fingerprint density at radius 1 is 1.16 bits per heavy atom. The molecule has 2 rings (SSSR count). The van der Waals surface area contributed by atoms with Crippen molar-refractivity contribution in [1.29, 1.82) is 5.41 Å². The molecule has 0 fully saturated rings. The van der Waals surface area contributed by atoms with Crippen LogP contribution < -0.4 is 20.1 Å². The number of nitrogens with zero attached hydrogens (tertiary/aromatic N) is 2. The Hall–Kier alpha value is -3.99. The highest BCUT2D eigenvalue weighted by molar-refractivity contribution is 6.09. The largest absolute Gasteiger partial charge is 0.488 e. The van der Waals surface area contributed by atoms with E-state index in [2.05, 4.69) is 20.6 Å². The van der Waals surface area contributed by atoms with Crippen LogP contribution in [0.15, 0.2) is 42.9 Å². The van der Waals surface area contributed by atoms with E-state index in [-0.39, 0.29) is 34.5 Å². The van der Waals surface area contributed by atoms with Crippen molar-refractivity contribution in [3.63, 3.8) is 0 Å². The number of rotatable bonds is 9. The zero-order valence-corrected chi connectivity index (χ0v) is 17.1. The summed E-state index contributed by atoms with van der Waals surface area (Å²) in [5.41, 5.74) is -0.119. The number of carbonyl (C=O) groups excluding carboxylic acids is 1. The van der Waals surface area contributed by atoms with E-state index in [0.29, 0.717) is 0 Å².